The van der Waals surface area contributed by atoms with E-state index in [0.717, 1.165) is 31.7 Å². The molecule has 10 heteroatoms. The van der Waals surface area contributed by atoms with Gasteiger partial charge in [0.2, 0.25) is 0 Å². The van der Waals surface area contributed by atoms with E-state index in [1.54, 1.807) is 18.3 Å². The van der Waals surface area contributed by atoms with E-state index < -0.39 is 0 Å². The number of hydrogen-bond donors (Lipinski definition) is 3. The fourth-order valence-electron chi connectivity index (χ4n) is 4.12. The number of H-pyrrole nitrogens is 1. The highest BCUT2D eigenvalue weighted by Gasteiger charge is 2.23. The maximum atomic E-state index is 13.2. The molecule has 0 bridgehead atoms. The maximum absolute atomic E-state index is 13.2. The van der Waals surface area contributed by atoms with Crippen LogP contribution in [0, 0.1) is 0 Å². The lowest BCUT2D eigenvalue weighted by molar-refractivity contribution is 0.0633. The van der Waals surface area contributed by atoms with Gasteiger partial charge in [0.25, 0.3) is 5.91 Å². The third-order valence-electron chi connectivity index (χ3n) is 6.03. The van der Waals surface area contributed by atoms with Crippen LogP contribution in [0.1, 0.15) is 16.1 Å². The second kappa shape index (κ2) is 9.86. The molecule has 2 aromatic carbocycles. The van der Waals surface area contributed by atoms with Crippen molar-refractivity contribution in [1.82, 2.24) is 35.0 Å². The van der Waals surface area contributed by atoms with Crippen LogP contribution in [0.25, 0.3) is 10.9 Å². The Kier molecular flexibility index (Phi) is 6.32. The first kappa shape index (κ1) is 21.8. The van der Waals surface area contributed by atoms with Crippen LogP contribution in [0.5, 0.6) is 0 Å². The summed E-state index contributed by atoms with van der Waals surface area (Å²) in [5.74, 6) is 0.190. The topological polar surface area (TPSA) is 115 Å². The van der Waals surface area contributed by atoms with Crippen molar-refractivity contribution in [3.63, 3.8) is 0 Å². The minimum Gasteiger partial charge on any atom is -0.336 e. The molecule has 174 valence electrons. The number of imidazole rings is 1. The van der Waals surface area contributed by atoms with Gasteiger partial charge in [0.05, 0.1) is 17.5 Å². The average Bonchev–Trinajstić information content (AvgIpc) is 3.56. The van der Waals surface area contributed by atoms with Crippen LogP contribution in [-0.4, -0.2) is 79.2 Å². The molecule has 0 radical (unpaired) electrons. The number of nitrogens with one attached hydrogen (secondary N) is 2. The average molecular weight is 459 g/mol. The van der Waals surface area contributed by atoms with Gasteiger partial charge >= 0.3 is 0 Å². The normalized spacial score (nSPS) is 15.1. The lowest BCUT2D eigenvalue weighted by atomic mass is 10.1. The van der Waals surface area contributed by atoms with E-state index >= 15 is 0 Å². The number of piperazine rings is 1. The molecule has 1 aliphatic rings. The quantitative estimate of drug-likeness (QED) is 0.232. The van der Waals surface area contributed by atoms with Gasteiger partial charge in [-0.25, -0.2) is 9.98 Å². The largest absolute Gasteiger partial charge is 0.336 e. The van der Waals surface area contributed by atoms with E-state index in [1.165, 1.54) is 0 Å². The number of amidine groups is 1. The number of aromatic nitrogens is 4. The van der Waals surface area contributed by atoms with E-state index in [-0.39, 0.29) is 11.7 Å². The summed E-state index contributed by atoms with van der Waals surface area (Å²) in [6.07, 6.45) is 5.57. The molecule has 10 nitrogen and oxygen atoms in total. The van der Waals surface area contributed by atoms with Crippen molar-refractivity contribution in [2.75, 3.05) is 32.7 Å². The first-order valence-electron chi connectivity index (χ1n) is 11.2. The summed E-state index contributed by atoms with van der Waals surface area (Å²) in [6, 6.07) is 14.7. The molecule has 1 saturated heterocycles. The number of hydroxylamine groups is 1. The smallest absolute Gasteiger partial charge is 0.253 e. The molecule has 34 heavy (non-hydrogen) atoms. The third kappa shape index (κ3) is 4.68. The molecular weight excluding hydrogens is 432 g/mol. The first-order chi connectivity index (χ1) is 16.7. The SMILES string of the molecule is O=C(c1ccc2[nH]nc(C(=Nc3ccccc3)NO)c2c1)N1CCN(CCn2ccnc2)CC1. The number of fused-ring (bicyclic) bond motifs is 1. The second-order valence-corrected chi connectivity index (χ2v) is 8.17. The van der Waals surface area contributed by atoms with Gasteiger partial charge in [-0.15, -0.1) is 0 Å². The minimum absolute atomic E-state index is 0.0122. The van der Waals surface area contributed by atoms with E-state index in [4.69, 9.17) is 0 Å². The molecule has 5 rings (SSSR count). The number of carbonyl (C=O) groups excluding carboxylic acids is 1. The van der Waals surface area contributed by atoms with Gasteiger partial charge in [-0.1, -0.05) is 18.2 Å². The Labute approximate surface area is 196 Å². The van der Waals surface area contributed by atoms with Crippen LogP contribution in [-0.2, 0) is 6.54 Å². The summed E-state index contributed by atoms with van der Waals surface area (Å²) in [4.78, 5) is 26.0. The van der Waals surface area contributed by atoms with Crippen LogP contribution in [0.15, 0.2) is 72.2 Å². The van der Waals surface area contributed by atoms with E-state index in [1.807, 2.05) is 53.8 Å². The molecule has 1 fully saturated rings. The van der Waals surface area contributed by atoms with E-state index in [9.17, 15) is 10.0 Å². The van der Waals surface area contributed by atoms with Gasteiger partial charge in [-0.3, -0.25) is 25.5 Å². The highest BCUT2D eigenvalue weighted by atomic mass is 16.5. The lowest BCUT2D eigenvalue weighted by Crippen LogP contribution is -2.49. The van der Waals surface area contributed by atoms with Crippen molar-refractivity contribution < 1.29 is 10.0 Å². The number of hydrogen-bond acceptors (Lipinski definition) is 6. The Balaban J connectivity index is 1.29. The fraction of sp³-hybridized carbons (Fsp3) is 0.250. The Bertz CT molecular complexity index is 1280. The Morgan fingerprint density at radius 3 is 2.65 bits per heavy atom. The number of nitrogens with zero attached hydrogens (tertiary/aromatic N) is 6. The van der Waals surface area contributed by atoms with Crippen molar-refractivity contribution in [1.29, 1.82) is 0 Å². The van der Waals surface area contributed by atoms with Crippen molar-refractivity contribution in [3.05, 3.63) is 78.5 Å². The lowest BCUT2D eigenvalue weighted by Gasteiger charge is -2.34. The minimum atomic E-state index is -0.0122. The molecule has 4 aromatic rings. The number of amides is 1. The summed E-state index contributed by atoms with van der Waals surface area (Å²) in [5, 5.41) is 17.7. The Morgan fingerprint density at radius 1 is 1.09 bits per heavy atom. The molecule has 1 aliphatic heterocycles. The van der Waals surface area contributed by atoms with Crippen molar-refractivity contribution in [2.45, 2.75) is 6.54 Å². The summed E-state index contributed by atoms with van der Waals surface area (Å²) < 4.78 is 2.06. The molecular formula is C24H26N8O2. The van der Waals surface area contributed by atoms with Gasteiger partial charge in [0.1, 0.15) is 5.69 Å². The molecule has 3 N–H and O–H groups in total. The number of carbonyl (C=O) groups is 1. The van der Waals surface area contributed by atoms with Gasteiger partial charge in [-0.2, -0.15) is 5.10 Å². The van der Waals surface area contributed by atoms with Crippen LogP contribution in [0.3, 0.4) is 0 Å². The van der Waals surface area contributed by atoms with Gasteiger partial charge < -0.3 is 9.47 Å². The second-order valence-electron chi connectivity index (χ2n) is 8.17. The van der Waals surface area contributed by atoms with Crippen LogP contribution < -0.4 is 5.48 Å². The zero-order chi connectivity index (χ0) is 23.3. The van der Waals surface area contributed by atoms with E-state index in [2.05, 4.69) is 35.1 Å². The molecule has 0 saturated carbocycles. The zero-order valence-corrected chi connectivity index (χ0v) is 18.6. The van der Waals surface area contributed by atoms with Crippen molar-refractivity contribution in [3.8, 4) is 0 Å². The standard InChI is InChI=1S/C24H26N8O2/c33-24(32-14-12-30(13-15-32)10-11-31-9-8-25-17-31)18-6-7-21-20(16-18)22(28-27-21)23(29-34)26-19-4-2-1-3-5-19/h1-9,16-17,34H,10-15H2,(H,26,29)(H,27,28). The molecule has 0 unspecified atom stereocenters. The molecule has 0 spiro atoms. The van der Waals surface area contributed by atoms with E-state index in [0.29, 0.717) is 35.4 Å². The van der Waals surface area contributed by atoms with Gasteiger partial charge in [-0.05, 0) is 30.3 Å². The Morgan fingerprint density at radius 2 is 1.91 bits per heavy atom. The molecule has 0 aliphatic carbocycles. The number of aliphatic imine (C=N–C) groups is 1. The highest BCUT2D eigenvalue weighted by Crippen LogP contribution is 2.21. The number of para-hydroxylation sites is 1. The first-order valence-corrected chi connectivity index (χ1v) is 11.2. The summed E-state index contributed by atoms with van der Waals surface area (Å²) in [6.45, 7) is 4.85. The Hall–Kier alpha value is -4.02. The van der Waals surface area contributed by atoms with Crippen LogP contribution in [0.2, 0.25) is 0 Å². The summed E-state index contributed by atoms with van der Waals surface area (Å²) >= 11 is 0. The molecule has 2 aromatic heterocycles. The summed E-state index contributed by atoms with van der Waals surface area (Å²) in [5.41, 5.74) is 4.60. The van der Waals surface area contributed by atoms with Crippen molar-refractivity contribution in [2.24, 2.45) is 4.99 Å². The van der Waals surface area contributed by atoms with Crippen LogP contribution in [0.4, 0.5) is 5.69 Å². The third-order valence-corrected chi connectivity index (χ3v) is 6.03. The number of rotatable bonds is 6. The zero-order valence-electron chi connectivity index (χ0n) is 18.6. The van der Waals surface area contributed by atoms with Gasteiger partial charge in [0, 0.05) is 62.6 Å². The predicted molar refractivity (Wildman–Crippen MR) is 128 cm³/mol. The molecule has 0 atom stereocenters. The van der Waals surface area contributed by atoms with Gasteiger partial charge in [0.15, 0.2) is 5.84 Å². The van der Waals surface area contributed by atoms with Crippen LogP contribution >= 0.6 is 0 Å². The van der Waals surface area contributed by atoms with Crippen molar-refractivity contribution >= 4 is 28.3 Å². The number of benzene rings is 2. The number of aromatic amines is 1. The summed E-state index contributed by atoms with van der Waals surface area (Å²) in [7, 11) is 0. The fourth-order valence-corrected chi connectivity index (χ4v) is 4.12. The maximum Gasteiger partial charge on any atom is 0.253 e. The molecule has 1 amide bonds. The highest BCUT2D eigenvalue weighted by molar-refractivity contribution is 6.09. The molecule has 3 heterocycles. The monoisotopic (exact) mass is 458 g/mol. The predicted octanol–water partition coefficient (Wildman–Crippen LogP) is 2.27.